The highest BCUT2D eigenvalue weighted by Crippen LogP contribution is 2.32. The molecule has 3 unspecified atom stereocenters. The smallest absolute Gasteiger partial charge is 0.239 e. The first-order valence-corrected chi connectivity index (χ1v) is 8.90. The molecule has 2 N–H and O–H groups in total. The van der Waals surface area contributed by atoms with Gasteiger partial charge in [-0.05, 0) is 43.8 Å². The Bertz CT molecular complexity index is 327. The maximum absolute atomic E-state index is 12.5. The fraction of sp³-hybridized carbons (Fsp3) is 0.933. The number of amides is 1. The monoisotopic (exact) mass is 336 g/mol. The van der Waals surface area contributed by atoms with E-state index in [4.69, 9.17) is 10.5 Å². The van der Waals surface area contributed by atoms with Crippen LogP contribution in [0.3, 0.4) is 0 Å². The molecule has 2 aliphatic rings. The number of ether oxygens (including phenoxy) is 1. The standard InChI is InChI=1S/C15H28N2O2S.ClH/c1-3-20-13-5-4-12(10-13)17(2)15(18)14(16)11-6-8-19-9-7-11;/h11-14H,3-10,16H2,1-2H3;1H. The number of hydrogen-bond acceptors (Lipinski definition) is 4. The average molecular weight is 337 g/mol. The zero-order chi connectivity index (χ0) is 14.5. The summed E-state index contributed by atoms with van der Waals surface area (Å²) in [6.07, 6.45) is 5.31. The third-order valence-electron chi connectivity index (χ3n) is 4.71. The van der Waals surface area contributed by atoms with Gasteiger partial charge < -0.3 is 15.4 Å². The van der Waals surface area contributed by atoms with Crippen LogP contribution in [-0.2, 0) is 9.53 Å². The minimum Gasteiger partial charge on any atom is -0.381 e. The summed E-state index contributed by atoms with van der Waals surface area (Å²) in [5.74, 6) is 1.58. The molecule has 6 heteroatoms. The predicted molar refractivity (Wildman–Crippen MR) is 91.1 cm³/mol. The van der Waals surface area contributed by atoms with Crippen molar-refractivity contribution in [1.82, 2.24) is 4.90 Å². The number of nitrogens with two attached hydrogens (primary N) is 1. The van der Waals surface area contributed by atoms with Crippen molar-refractivity contribution in [3.63, 3.8) is 0 Å². The van der Waals surface area contributed by atoms with Crippen molar-refractivity contribution in [2.75, 3.05) is 26.0 Å². The van der Waals surface area contributed by atoms with Crippen LogP contribution >= 0.6 is 24.2 Å². The minimum atomic E-state index is -0.346. The molecule has 3 atom stereocenters. The SMILES string of the molecule is CCSC1CCC(N(C)C(=O)C(N)C2CCOCC2)C1.Cl. The Morgan fingerprint density at radius 3 is 2.62 bits per heavy atom. The molecule has 1 aliphatic heterocycles. The molecule has 0 aromatic rings. The van der Waals surface area contributed by atoms with E-state index >= 15 is 0 Å². The highest BCUT2D eigenvalue weighted by atomic mass is 35.5. The largest absolute Gasteiger partial charge is 0.381 e. The van der Waals surface area contributed by atoms with Gasteiger partial charge in [0.15, 0.2) is 0 Å². The molecule has 2 rings (SSSR count). The molecule has 0 spiro atoms. The zero-order valence-electron chi connectivity index (χ0n) is 13.1. The first-order valence-electron chi connectivity index (χ1n) is 7.85. The summed E-state index contributed by atoms with van der Waals surface area (Å²) in [4.78, 5) is 14.5. The first kappa shape index (κ1) is 19.1. The molecule has 1 saturated carbocycles. The molecule has 0 aromatic carbocycles. The maximum Gasteiger partial charge on any atom is 0.239 e. The van der Waals surface area contributed by atoms with Gasteiger partial charge in [-0.15, -0.1) is 12.4 Å². The van der Waals surface area contributed by atoms with Gasteiger partial charge in [-0.3, -0.25) is 4.79 Å². The van der Waals surface area contributed by atoms with Crippen molar-refractivity contribution < 1.29 is 9.53 Å². The van der Waals surface area contributed by atoms with Gasteiger partial charge in [-0.2, -0.15) is 11.8 Å². The fourth-order valence-electron chi connectivity index (χ4n) is 3.35. The third-order valence-corrected chi connectivity index (χ3v) is 5.95. The maximum atomic E-state index is 12.5. The number of thioether (sulfide) groups is 1. The van der Waals surface area contributed by atoms with E-state index in [0.29, 0.717) is 12.0 Å². The van der Waals surface area contributed by atoms with Crippen LogP contribution in [0.25, 0.3) is 0 Å². The van der Waals surface area contributed by atoms with E-state index in [9.17, 15) is 4.79 Å². The molecule has 1 heterocycles. The molecule has 1 aliphatic carbocycles. The second-order valence-corrected chi connectivity index (χ2v) is 7.55. The number of halogens is 1. The normalized spacial score (nSPS) is 28.0. The van der Waals surface area contributed by atoms with Crippen molar-refractivity contribution >= 4 is 30.1 Å². The summed E-state index contributed by atoms with van der Waals surface area (Å²) in [6, 6.07) is 0.0409. The summed E-state index contributed by atoms with van der Waals surface area (Å²) in [5.41, 5.74) is 6.20. The Kier molecular flexibility index (Phi) is 8.39. The molecule has 0 bridgehead atoms. The molecule has 2 fully saturated rings. The highest BCUT2D eigenvalue weighted by molar-refractivity contribution is 7.99. The Hall–Kier alpha value is 0.0300. The van der Waals surface area contributed by atoms with Crippen LogP contribution in [0, 0.1) is 5.92 Å². The van der Waals surface area contributed by atoms with Crippen molar-refractivity contribution in [2.24, 2.45) is 11.7 Å². The Labute approximate surface area is 138 Å². The van der Waals surface area contributed by atoms with Gasteiger partial charge in [0.05, 0.1) is 6.04 Å². The molecule has 1 saturated heterocycles. The van der Waals surface area contributed by atoms with Gasteiger partial charge in [0, 0.05) is 31.6 Å². The third kappa shape index (κ3) is 5.02. The number of carbonyl (C=O) groups is 1. The van der Waals surface area contributed by atoms with Gasteiger partial charge in [-0.1, -0.05) is 6.92 Å². The topological polar surface area (TPSA) is 55.6 Å². The Morgan fingerprint density at radius 2 is 2.00 bits per heavy atom. The predicted octanol–water partition coefficient (Wildman–Crippen LogP) is 2.29. The summed E-state index contributed by atoms with van der Waals surface area (Å²) >= 11 is 2.02. The zero-order valence-corrected chi connectivity index (χ0v) is 14.8. The first-order chi connectivity index (χ1) is 9.63. The number of nitrogens with zero attached hydrogens (tertiary/aromatic N) is 1. The van der Waals surface area contributed by atoms with Crippen LogP contribution in [0.1, 0.15) is 39.0 Å². The quantitative estimate of drug-likeness (QED) is 0.837. The van der Waals surface area contributed by atoms with E-state index in [1.54, 1.807) is 0 Å². The van der Waals surface area contributed by atoms with Crippen LogP contribution in [-0.4, -0.2) is 54.2 Å². The fourth-order valence-corrected chi connectivity index (χ4v) is 4.48. The molecule has 21 heavy (non-hydrogen) atoms. The summed E-state index contributed by atoms with van der Waals surface area (Å²) in [5, 5.41) is 0.722. The lowest BCUT2D eigenvalue weighted by Gasteiger charge is -2.32. The van der Waals surface area contributed by atoms with Crippen LogP contribution < -0.4 is 5.73 Å². The van der Waals surface area contributed by atoms with Crippen molar-refractivity contribution in [3.8, 4) is 0 Å². The van der Waals surface area contributed by atoms with Crippen LogP contribution in [0.2, 0.25) is 0 Å². The van der Waals surface area contributed by atoms with Gasteiger partial charge in [0.25, 0.3) is 0 Å². The summed E-state index contributed by atoms with van der Waals surface area (Å²) < 4.78 is 5.35. The molecule has 124 valence electrons. The van der Waals surface area contributed by atoms with Gasteiger partial charge in [0.2, 0.25) is 5.91 Å². The molecule has 1 amide bonds. The van der Waals surface area contributed by atoms with Crippen molar-refractivity contribution in [1.29, 1.82) is 0 Å². The van der Waals surface area contributed by atoms with E-state index in [1.807, 2.05) is 23.7 Å². The van der Waals surface area contributed by atoms with Gasteiger partial charge in [0.1, 0.15) is 0 Å². The molecule has 0 radical (unpaired) electrons. The lowest BCUT2D eigenvalue weighted by atomic mass is 9.91. The number of rotatable bonds is 5. The van der Waals surface area contributed by atoms with Crippen LogP contribution in [0.4, 0.5) is 0 Å². The summed E-state index contributed by atoms with van der Waals surface area (Å²) in [7, 11) is 1.94. The van der Waals surface area contributed by atoms with Crippen LogP contribution in [0.15, 0.2) is 0 Å². The van der Waals surface area contributed by atoms with Gasteiger partial charge >= 0.3 is 0 Å². The molecular formula is C15H29ClN2O2S. The van der Waals surface area contributed by atoms with Crippen molar-refractivity contribution in [2.45, 2.75) is 56.4 Å². The number of carbonyl (C=O) groups excluding carboxylic acids is 1. The second kappa shape index (κ2) is 9.23. The van der Waals surface area contributed by atoms with E-state index in [-0.39, 0.29) is 24.4 Å². The molecule has 4 nitrogen and oxygen atoms in total. The van der Waals surface area contributed by atoms with Crippen molar-refractivity contribution in [3.05, 3.63) is 0 Å². The molecular weight excluding hydrogens is 308 g/mol. The summed E-state index contributed by atoms with van der Waals surface area (Å²) in [6.45, 7) is 3.69. The highest BCUT2D eigenvalue weighted by Gasteiger charge is 2.34. The minimum absolute atomic E-state index is 0. The number of likely N-dealkylation sites (N-methyl/N-ethyl adjacent to an activating group) is 1. The van der Waals surface area contributed by atoms with E-state index in [2.05, 4.69) is 6.92 Å². The lowest BCUT2D eigenvalue weighted by Crippen LogP contribution is -2.50. The van der Waals surface area contributed by atoms with E-state index in [1.165, 1.54) is 6.42 Å². The van der Waals surface area contributed by atoms with E-state index < -0.39 is 0 Å². The van der Waals surface area contributed by atoms with Crippen LogP contribution in [0.5, 0.6) is 0 Å². The number of hydrogen-bond donors (Lipinski definition) is 1. The Balaban J connectivity index is 0.00000220. The average Bonchev–Trinajstić information content (AvgIpc) is 2.95. The van der Waals surface area contributed by atoms with E-state index in [0.717, 1.165) is 49.9 Å². The second-order valence-electron chi connectivity index (χ2n) is 5.97. The molecule has 0 aromatic heterocycles. The lowest BCUT2D eigenvalue weighted by molar-refractivity contribution is -0.135. The van der Waals surface area contributed by atoms with Gasteiger partial charge in [-0.25, -0.2) is 0 Å². The Morgan fingerprint density at radius 1 is 1.33 bits per heavy atom.